The fourth-order valence-electron chi connectivity index (χ4n) is 10.8. The molecule has 0 aromatic heterocycles. The largest absolute Gasteiger partial charge is 0.497 e. The van der Waals surface area contributed by atoms with Gasteiger partial charge in [-0.15, -0.1) is 0 Å². The number of benzene rings is 2. The number of fused-ring (bicyclic) bond motifs is 1. The van der Waals surface area contributed by atoms with Crippen LogP contribution in [0.3, 0.4) is 0 Å². The lowest BCUT2D eigenvalue weighted by molar-refractivity contribution is -0.152. The van der Waals surface area contributed by atoms with E-state index in [-0.39, 0.29) is 11.0 Å². The Morgan fingerprint density at radius 3 is 2.74 bits per heavy atom. The number of likely N-dealkylation sites (tertiary alicyclic amines) is 2. The van der Waals surface area contributed by atoms with Crippen LogP contribution < -0.4 is 4.74 Å². The van der Waals surface area contributed by atoms with Crippen molar-refractivity contribution in [3.63, 3.8) is 0 Å². The normalized spacial score (nSPS) is 44.8. The summed E-state index contributed by atoms with van der Waals surface area (Å²) >= 11 is 0. The summed E-state index contributed by atoms with van der Waals surface area (Å²) in [5.74, 6) is 3.15. The van der Waals surface area contributed by atoms with Crippen molar-refractivity contribution in [3.05, 3.63) is 65.2 Å². The van der Waals surface area contributed by atoms with Crippen LogP contribution >= 0.6 is 0 Å². The highest BCUT2D eigenvalue weighted by Crippen LogP contribution is 2.77. The standard InChI is InChI=1S/C31H36N2O2/c1-34-22-11-10-20-14-23-25-17-33(21-8-5-9-21)29(23)30-13-12-26-28(31(25,30)24(20)15-22)27(35-30)18-32(26)16-19-6-3-2-4-7-19/h2-4,6-7,10-11,15,21,23,25-29H,5,8-9,12-14,16-18H2,1H3/t23?,25?,26?,27-,28?,29?,30?,31?/m1/s1. The van der Waals surface area contributed by atoms with Gasteiger partial charge in [0.25, 0.3) is 0 Å². The molecular weight excluding hydrogens is 432 g/mol. The molecule has 2 aromatic carbocycles. The zero-order valence-electron chi connectivity index (χ0n) is 20.7. The van der Waals surface area contributed by atoms with Crippen LogP contribution in [-0.4, -0.2) is 59.8 Å². The van der Waals surface area contributed by atoms with Crippen LogP contribution in [0.25, 0.3) is 0 Å². The van der Waals surface area contributed by atoms with Crippen LogP contribution in [0.4, 0.5) is 0 Å². The summed E-state index contributed by atoms with van der Waals surface area (Å²) in [6.45, 7) is 3.46. The highest BCUT2D eigenvalue weighted by atomic mass is 16.5. The number of ether oxygens (including phenoxy) is 2. The molecule has 0 amide bonds. The summed E-state index contributed by atoms with van der Waals surface area (Å²) in [4.78, 5) is 5.77. The number of hydrogen-bond donors (Lipinski definition) is 0. The van der Waals surface area contributed by atoms with E-state index in [9.17, 15) is 0 Å². The zero-order valence-corrected chi connectivity index (χ0v) is 20.7. The highest BCUT2D eigenvalue weighted by Gasteiger charge is 2.86. The first-order chi connectivity index (χ1) is 17.2. The highest BCUT2D eigenvalue weighted by molar-refractivity contribution is 5.55. The SMILES string of the molecule is COc1ccc2c(c1)C13C4CN(C5CCC5)C(C4C2)C12CCC1C3[C@@H](CN1Cc1ccccc1)O2. The van der Waals surface area contributed by atoms with Crippen LogP contribution in [-0.2, 0) is 23.1 Å². The van der Waals surface area contributed by atoms with Gasteiger partial charge in [0.15, 0.2) is 0 Å². The van der Waals surface area contributed by atoms with E-state index in [1.807, 2.05) is 7.11 Å². The van der Waals surface area contributed by atoms with Crippen molar-refractivity contribution in [3.8, 4) is 5.75 Å². The van der Waals surface area contributed by atoms with Gasteiger partial charge in [0.05, 0.1) is 18.8 Å². The number of piperidine rings is 1. The Morgan fingerprint density at radius 2 is 1.94 bits per heavy atom. The number of hydrogen-bond acceptors (Lipinski definition) is 4. The maximum Gasteiger partial charge on any atom is 0.119 e. The third-order valence-corrected chi connectivity index (χ3v) is 11.8. The molecule has 8 atom stereocenters. The predicted octanol–water partition coefficient (Wildman–Crippen LogP) is 4.40. The van der Waals surface area contributed by atoms with Crippen LogP contribution in [0.5, 0.6) is 5.75 Å². The van der Waals surface area contributed by atoms with Gasteiger partial charge in [-0.2, -0.15) is 0 Å². The lowest BCUT2D eigenvalue weighted by atomic mass is 9.49. The van der Waals surface area contributed by atoms with E-state index in [0.29, 0.717) is 24.1 Å². The molecule has 4 nitrogen and oxygen atoms in total. The van der Waals surface area contributed by atoms with Crippen molar-refractivity contribution in [2.75, 3.05) is 20.2 Å². The van der Waals surface area contributed by atoms with Gasteiger partial charge < -0.3 is 9.47 Å². The summed E-state index contributed by atoms with van der Waals surface area (Å²) < 4.78 is 13.4. The van der Waals surface area contributed by atoms with Gasteiger partial charge in [-0.05, 0) is 72.8 Å². The summed E-state index contributed by atoms with van der Waals surface area (Å²) in [6.07, 6.45) is 8.36. The molecule has 0 N–H and O–H groups in total. The minimum absolute atomic E-state index is 0.0124. The van der Waals surface area contributed by atoms with Gasteiger partial charge in [0, 0.05) is 49.1 Å². The molecule has 1 spiro atoms. The summed E-state index contributed by atoms with van der Waals surface area (Å²) in [5.41, 5.74) is 4.84. The molecule has 2 aromatic rings. The van der Waals surface area contributed by atoms with Gasteiger partial charge in [-0.25, -0.2) is 0 Å². The number of methoxy groups -OCH3 is 1. The van der Waals surface area contributed by atoms with Gasteiger partial charge in [-0.3, -0.25) is 9.80 Å². The Hall–Kier alpha value is -1.88. The Morgan fingerprint density at radius 1 is 1.06 bits per heavy atom. The zero-order chi connectivity index (χ0) is 22.9. The molecule has 3 saturated heterocycles. The predicted molar refractivity (Wildman–Crippen MR) is 134 cm³/mol. The second-order valence-corrected chi connectivity index (χ2v) is 12.7. The smallest absolute Gasteiger partial charge is 0.119 e. The first-order valence-corrected chi connectivity index (χ1v) is 14.1. The van der Waals surface area contributed by atoms with E-state index in [2.05, 4.69) is 58.3 Å². The molecule has 7 unspecified atom stereocenters. The average Bonchev–Trinajstić information content (AvgIpc) is 3.46. The number of rotatable bonds is 4. The molecule has 3 aliphatic heterocycles. The van der Waals surface area contributed by atoms with Gasteiger partial charge in [-0.1, -0.05) is 42.8 Å². The molecule has 3 heterocycles. The molecule has 35 heavy (non-hydrogen) atoms. The van der Waals surface area contributed by atoms with Gasteiger partial charge in [0.1, 0.15) is 5.75 Å². The summed E-state index contributed by atoms with van der Waals surface area (Å²) in [6, 6.07) is 20.2. The second-order valence-electron chi connectivity index (χ2n) is 12.7. The Kier molecular flexibility index (Phi) is 3.87. The minimum atomic E-state index is 0.0124. The Balaban J connectivity index is 1.20. The van der Waals surface area contributed by atoms with Gasteiger partial charge >= 0.3 is 0 Å². The third kappa shape index (κ3) is 2.20. The fraction of sp³-hybridized carbons (Fsp3) is 0.613. The van der Waals surface area contributed by atoms with Crippen molar-refractivity contribution < 1.29 is 9.47 Å². The molecule has 9 rings (SSSR count). The maximum absolute atomic E-state index is 7.55. The summed E-state index contributed by atoms with van der Waals surface area (Å²) in [5, 5.41) is 0. The first-order valence-electron chi connectivity index (χ1n) is 14.1. The van der Waals surface area contributed by atoms with Crippen LogP contribution in [0, 0.1) is 17.8 Å². The number of nitrogens with zero attached hydrogens (tertiary/aromatic N) is 2. The van der Waals surface area contributed by atoms with Crippen LogP contribution in [0.15, 0.2) is 48.5 Å². The van der Waals surface area contributed by atoms with Crippen molar-refractivity contribution in [1.29, 1.82) is 0 Å². The molecule has 4 heteroatoms. The molecule has 182 valence electrons. The van der Waals surface area contributed by atoms with E-state index >= 15 is 0 Å². The van der Waals surface area contributed by atoms with Crippen molar-refractivity contribution in [2.45, 2.75) is 80.3 Å². The van der Waals surface area contributed by atoms with E-state index in [4.69, 9.17) is 9.47 Å². The maximum atomic E-state index is 7.55. The Bertz CT molecular complexity index is 1200. The van der Waals surface area contributed by atoms with E-state index in [1.54, 1.807) is 11.1 Å². The van der Waals surface area contributed by atoms with Crippen molar-refractivity contribution in [2.24, 2.45) is 17.8 Å². The lowest BCUT2D eigenvalue weighted by Crippen LogP contribution is -2.69. The van der Waals surface area contributed by atoms with E-state index in [0.717, 1.165) is 36.7 Å². The quantitative estimate of drug-likeness (QED) is 0.664. The molecule has 7 aliphatic rings. The Labute approximate surface area is 208 Å². The molecule has 6 bridgehead atoms. The monoisotopic (exact) mass is 468 g/mol. The molecule has 3 saturated carbocycles. The first kappa shape index (κ1) is 20.2. The van der Waals surface area contributed by atoms with Crippen molar-refractivity contribution >= 4 is 0 Å². The lowest BCUT2D eigenvalue weighted by Gasteiger charge is -2.60. The van der Waals surface area contributed by atoms with E-state index in [1.165, 1.54) is 50.6 Å². The van der Waals surface area contributed by atoms with Crippen molar-refractivity contribution in [1.82, 2.24) is 9.80 Å². The van der Waals surface area contributed by atoms with E-state index < -0.39 is 0 Å². The molecule has 6 fully saturated rings. The third-order valence-electron chi connectivity index (χ3n) is 11.8. The summed E-state index contributed by atoms with van der Waals surface area (Å²) in [7, 11) is 1.83. The molecular formula is C31H36N2O2. The van der Waals surface area contributed by atoms with Gasteiger partial charge in [0.2, 0.25) is 0 Å². The fourth-order valence-corrected chi connectivity index (χ4v) is 10.8. The average molecular weight is 469 g/mol. The molecule has 4 aliphatic carbocycles. The molecule has 0 radical (unpaired) electrons. The van der Waals surface area contributed by atoms with Crippen LogP contribution in [0.1, 0.15) is 48.8 Å². The van der Waals surface area contributed by atoms with Crippen LogP contribution in [0.2, 0.25) is 0 Å². The topological polar surface area (TPSA) is 24.9 Å². The second kappa shape index (κ2) is 6.70. The minimum Gasteiger partial charge on any atom is -0.497 e.